The van der Waals surface area contributed by atoms with Crippen molar-refractivity contribution in [2.45, 2.75) is 6.54 Å². The lowest BCUT2D eigenvalue weighted by molar-refractivity contribution is 0.337. The van der Waals surface area contributed by atoms with Crippen LogP contribution in [0.1, 0.15) is 16.7 Å². The van der Waals surface area contributed by atoms with Gasteiger partial charge in [-0.3, -0.25) is 4.90 Å². The topological polar surface area (TPSA) is 3.24 Å². The summed E-state index contributed by atoms with van der Waals surface area (Å²) >= 11 is 6.33. The number of halogens is 1. The molecule has 0 heterocycles. The minimum atomic E-state index is 0.629. The third kappa shape index (κ3) is 6.36. The summed E-state index contributed by atoms with van der Waals surface area (Å²) in [6, 6.07) is 27.9. The fourth-order valence-corrected chi connectivity index (χ4v) is 2.78. The molecule has 0 bridgehead atoms. The van der Waals surface area contributed by atoms with Crippen LogP contribution >= 0.6 is 11.6 Å². The molecule has 0 aliphatic carbocycles. The summed E-state index contributed by atoms with van der Waals surface area (Å²) in [5, 5.41) is 0.773. The molecule has 0 atom stereocenters. The van der Waals surface area contributed by atoms with E-state index in [2.05, 4.69) is 28.6 Å². The highest BCUT2D eigenvalue weighted by atomic mass is 35.5. The Morgan fingerprint density at radius 1 is 0.630 bits per heavy atom. The maximum Gasteiger partial charge on any atom is 0.0617 e. The van der Waals surface area contributed by atoms with Crippen molar-refractivity contribution in [3.8, 4) is 23.7 Å². The predicted molar refractivity (Wildman–Crippen MR) is 113 cm³/mol. The van der Waals surface area contributed by atoms with Crippen molar-refractivity contribution in [2.75, 3.05) is 13.1 Å². The molecule has 132 valence electrons. The number of benzene rings is 3. The van der Waals surface area contributed by atoms with Gasteiger partial charge in [0.1, 0.15) is 0 Å². The first-order valence-corrected chi connectivity index (χ1v) is 9.23. The Kier molecular flexibility index (Phi) is 7.14. The van der Waals surface area contributed by atoms with Crippen LogP contribution in [0.5, 0.6) is 0 Å². The molecule has 0 saturated heterocycles. The number of nitrogens with zero attached hydrogens (tertiary/aromatic N) is 1. The third-order valence-corrected chi connectivity index (χ3v) is 4.34. The molecular formula is C25H20ClN. The molecule has 0 spiro atoms. The lowest BCUT2D eigenvalue weighted by Gasteiger charge is -2.17. The molecule has 3 rings (SSSR count). The van der Waals surface area contributed by atoms with Crippen LogP contribution in [0.2, 0.25) is 5.02 Å². The zero-order chi connectivity index (χ0) is 18.7. The van der Waals surface area contributed by atoms with Crippen LogP contribution in [0.25, 0.3) is 0 Å². The van der Waals surface area contributed by atoms with Gasteiger partial charge in [-0.15, -0.1) is 0 Å². The van der Waals surface area contributed by atoms with E-state index in [0.29, 0.717) is 19.6 Å². The van der Waals surface area contributed by atoms with E-state index < -0.39 is 0 Å². The lowest BCUT2D eigenvalue weighted by atomic mass is 10.2. The van der Waals surface area contributed by atoms with Crippen molar-refractivity contribution in [2.24, 2.45) is 0 Å². The van der Waals surface area contributed by atoms with Crippen LogP contribution in [-0.2, 0) is 6.54 Å². The Hall–Kier alpha value is -2.97. The fraction of sp³-hybridized carbons (Fsp3) is 0.120. The first-order valence-electron chi connectivity index (χ1n) is 8.85. The van der Waals surface area contributed by atoms with Gasteiger partial charge in [0.15, 0.2) is 0 Å². The molecule has 0 unspecified atom stereocenters. The van der Waals surface area contributed by atoms with Crippen molar-refractivity contribution >= 4 is 11.6 Å². The summed E-state index contributed by atoms with van der Waals surface area (Å²) in [6.45, 7) is 1.97. The van der Waals surface area contributed by atoms with E-state index in [1.54, 1.807) is 0 Å². The molecule has 0 aliphatic rings. The summed E-state index contributed by atoms with van der Waals surface area (Å²) in [5.41, 5.74) is 3.12. The Balaban J connectivity index is 1.71. The molecule has 27 heavy (non-hydrogen) atoms. The van der Waals surface area contributed by atoms with E-state index in [4.69, 9.17) is 11.6 Å². The van der Waals surface area contributed by atoms with E-state index in [1.165, 1.54) is 0 Å². The highest BCUT2D eigenvalue weighted by Gasteiger charge is 2.06. The van der Waals surface area contributed by atoms with Crippen LogP contribution in [0.4, 0.5) is 0 Å². The maximum atomic E-state index is 6.33. The van der Waals surface area contributed by atoms with E-state index in [0.717, 1.165) is 21.7 Å². The van der Waals surface area contributed by atoms with Gasteiger partial charge >= 0.3 is 0 Å². The monoisotopic (exact) mass is 369 g/mol. The molecule has 0 saturated carbocycles. The molecule has 0 N–H and O–H groups in total. The number of rotatable bonds is 4. The van der Waals surface area contributed by atoms with Crippen molar-refractivity contribution in [1.29, 1.82) is 0 Å². The summed E-state index contributed by atoms with van der Waals surface area (Å²) in [5.74, 6) is 12.9. The molecular weight excluding hydrogens is 350 g/mol. The van der Waals surface area contributed by atoms with E-state index in [1.807, 2.05) is 84.9 Å². The van der Waals surface area contributed by atoms with Gasteiger partial charge in [-0.05, 0) is 35.9 Å². The molecule has 1 nitrogen and oxygen atoms in total. The number of hydrogen-bond acceptors (Lipinski definition) is 1. The van der Waals surface area contributed by atoms with Crippen LogP contribution in [0, 0.1) is 23.7 Å². The first-order chi connectivity index (χ1) is 13.3. The molecule has 3 aromatic carbocycles. The van der Waals surface area contributed by atoms with Gasteiger partial charge in [-0.1, -0.05) is 89.9 Å². The van der Waals surface area contributed by atoms with Crippen LogP contribution in [0.3, 0.4) is 0 Å². The van der Waals surface area contributed by atoms with E-state index >= 15 is 0 Å². The van der Waals surface area contributed by atoms with Gasteiger partial charge in [0.05, 0.1) is 13.1 Å². The third-order valence-electron chi connectivity index (χ3n) is 3.97. The highest BCUT2D eigenvalue weighted by molar-refractivity contribution is 6.31. The van der Waals surface area contributed by atoms with Gasteiger partial charge in [0, 0.05) is 22.7 Å². The zero-order valence-corrected chi connectivity index (χ0v) is 15.8. The van der Waals surface area contributed by atoms with Crippen molar-refractivity contribution in [1.82, 2.24) is 4.90 Å². The first kappa shape index (κ1) is 18.8. The Bertz CT molecular complexity index is 913. The minimum Gasteiger partial charge on any atom is -0.277 e. The highest BCUT2D eigenvalue weighted by Crippen LogP contribution is 2.16. The van der Waals surface area contributed by atoms with Gasteiger partial charge in [-0.2, -0.15) is 0 Å². The summed E-state index contributed by atoms with van der Waals surface area (Å²) < 4.78 is 0. The predicted octanol–water partition coefficient (Wildman–Crippen LogP) is 5.25. The minimum absolute atomic E-state index is 0.629. The van der Waals surface area contributed by atoms with E-state index in [9.17, 15) is 0 Å². The molecule has 0 fully saturated rings. The average Bonchev–Trinajstić information content (AvgIpc) is 2.71. The van der Waals surface area contributed by atoms with Crippen molar-refractivity contribution < 1.29 is 0 Å². The standard InChI is InChI=1S/C25H20ClN/c26-25-18-8-7-17-24(25)21-27(19-9-15-22-11-3-1-4-12-22)20-10-16-23-13-5-2-6-14-23/h1-8,11-14,17-18H,19-21H2. The lowest BCUT2D eigenvalue weighted by Crippen LogP contribution is -2.24. The normalized spacial score (nSPS) is 9.85. The zero-order valence-electron chi connectivity index (χ0n) is 15.0. The van der Waals surface area contributed by atoms with Crippen molar-refractivity contribution in [3.63, 3.8) is 0 Å². The molecule has 0 radical (unpaired) electrons. The Morgan fingerprint density at radius 2 is 1.11 bits per heavy atom. The summed E-state index contributed by atoms with van der Waals surface area (Å²) in [4.78, 5) is 2.20. The second-order valence-corrected chi connectivity index (χ2v) is 6.48. The van der Waals surface area contributed by atoms with Crippen LogP contribution < -0.4 is 0 Å². The molecule has 0 amide bonds. The SMILES string of the molecule is Clc1ccccc1CN(CC#Cc1ccccc1)CC#Cc1ccccc1. The Labute approximate surface area is 166 Å². The second-order valence-electron chi connectivity index (χ2n) is 6.07. The van der Waals surface area contributed by atoms with Crippen molar-refractivity contribution in [3.05, 3.63) is 107 Å². The average molecular weight is 370 g/mol. The summed E-state index contributed by atoms with van der Waals surface area (Å²) in [6.07, 6.45) is 0. The van der Waals surface area contributed by atoms with E-state index in [-0.39, 0.29) is 0 Å². The fourth-order valence-electron chi connectivity index (χ4n) is 2.58. The van der Waals surface area contributed by atoms with Gasteiger partial charge in [0.2, 0.25) is 0 Å². The Morgan fingerprint density at radius 3 is 1.63 bits per heavy atom. The van der Waals surface area contributed by atoms with Gasteiger partial charge in [-0.25, -0.2) is 0 Å². The van der Waals surface area contributed by atoms with Gasteiger partial charge in [0.25, 0.3) is 0 Å². The largest absolute Gasteiger partial charge is 0.277 e. The number of hydrogen-bond donors (Lipinski definition) is 0. The second kappa shape index (κ2) is 10.2. The summed E-state index contributed by atoms with van der Waals surface area (Å²) in [7, 11) is 0. The maximum absolute atomic E-state index is 6.33. The quantitative estimate of drug-likeness (QED) is 0.568. The van der Waals surface area contributed by atoms with Gasteiger partial charge < -0.3 is 0 Å². The molecule has 0 aliphatic heterocycles. The molecule has 3 aromatic rings. The van der Waals surface area contributed by atoms with Crippen LogP contribution in [-0.4, -0.2) is 18.0 Å². The molecule has 0 aromatic heterocycles. The van der Waals surface area contributed by atoms with Crippen LogP contribution in [0.15, 0.2) is 84.9 Å². The molecule has 2 heteroatoms. The smallest absolute Gasteiger partial charge is 0.0617 e.